The first kappa shape index (κ1) is 20.0. The Morgan fingerprint density at radius 3 is 2.50 bits per heavy atom. The van der Waals surface area contributed by atoms with Crippen LogP contribution in [0, 0.1) is 0 Å². The topological polar surface area (TPSA) is 58.9 Å². The van der Waals surface area contributed by atoms with Gasteiger partial charge in [0.15, 0.2) is 0 Å². The molecular formula is C21H24ClNO3. The van der Waals surface area contributed by atoms with Crippen LogP contribution in [-0.4, -0.2) is 23.9 Å². The minimum Gasteiger partial charge on any atom is -0.492 e. The van der Waals surface area contributed by atoms with Gasteiger partial charge in [0.2, 0.25) is 0 Å². The van der Waals surface area contributed by atoms with Gasteiger partial charge in [0.05, 0.1) is 22.9 Å². The quantitative estimate of drug-likeness (QED) is 0.402. The molecule has 0 fully saturated rings. The Bertz CT molecular complexity index is 741. The normalized spacial score (nSPS) is 11.0. The van der Waals surface area contributed by atoms with E-state index in [4.69, 9.17) is 21.4 Å². The van der Waals surface area contributed by atoms with E-state index in [1.165, 1.54) is 25.7 Å². The Hall–Kier alpha value is -2.33. The van der Waals surface area contributed by atoms with Gasteiger partial charge in [-0.3, -0.25) is 4.99 Å². The molecule has 0 aliphatic rings. The van der Waals surface area contributed by atoms with E-state index in [1.54, 1.807) is 36.5 Å². The molecule has 0 bridgehead atoms. The number of hydrogen-bond donors (Lipinski definition) is 1. The average molecular weight is 374 g/mol. The molecule has 2 aromatic rings. The third-order valence-electron chi connectivity index (χ3n) is 3.94. The average Bonchev–Trinajstić information content (AvgIpc) is 2.64. The molecule has 2 aromatic carbocycles. The summed E-state index contributed by atoms with van der Waals surface area (Å²) >= 11 is 6.27. The summed E-state index contributed by atoms with van der Waals surface area (Å²) in [7, 11) is 0. The molecule has 0 heterocycles. The van der Waals surface area contributed by atoms with E-state index in [0.29, 0.717) is 23.1 Å². The maximum Gasteiger partial charge on any atom is 0.335 e. The van der Waals surface area contributed by atoms with Crippen molar-refractivity contribution < 1.29 is 14.6 Å². The van der Waals surface area contributed by atoms with E-state index < -0.39 is 5.97 Å². The third kappa shape index (κ3) is 6.52. The Labute approximate surface area is 159 Å². The zero-order valence-corrected chi connectivity index (χ0v) is 15.7. The fourth-order valence-corrected chi connectivity index (χ4v) is 2.67. The Kier molecular flexibility index (Phi) is 8.16. The van der Waals surface area contributed by atoms with Crippen molar-refractivity contribution in [3.05, 3.63) is 58.6 Å². The summed E-state index contributed by atoms with van der Waals surface area (Å²) in [5.41, 5.74) is 1.78. The highest BCUT2D eigenvalue weighted by atomic mass is 35.5. The Morgan fingerprint density at radius 1 is 1.12 bits per heavy atom. The van der Waals surface area contributed by atoms with E-state index in [9.17, 15) is 4.79 Å². The maximum atomic E-state index is 10.8. The fraction of sp³-hybridized carbons (Fsp3) is 0.333. The van der Waals surface area contributed by atoms with Crippen LogP contribution in [0.2, 0.25) is 5.02 Å². The summed E-state index contributed by atoms with van der Waals surface area (Å²) in [6.45, 7) is 2.87. The van der Waals surface area contributed by atoms with Crippen LogP contribution in [0.1, 0.15) is 54.9 Å². The first-order chi connectivity index (χ1) is 12.6. The first-order valence-electron chi connectivity index (χ1n) is 8.90. The molecule has 0 aromatic heterocycles. The molecule has 0 saturated carbocycles. The largest absolute Gasteiger partial charge is 0.492 e. The number of aromatic carboxylic acids is 1. The number of aliphatic imine (C=N–C) groups is 1. The van der Waals surface area contributed by atoms with Crippen LogP contribution in [-0.2, 0) is 0 Å². The SMILES string of the molecule is CCCCCCCOc1ccc(N=Cc2ccc(C(=O)O)cc2)cc1Cl. The molecule has 5 heteroatoms. The van der Waals surface area contributed by atoms with E-state index >= 15 is 0 Å². The van der Waals surface area contributed by atoms with Crippen molar-refractivity contribution >= 4 is 29.5 Å². The predicted molar refractivity (Wildman–Crippen MR) is 106 cm³/mol. The first-order valence-corrected chi connectivity index (χ1v) is 9.27. The molecule has 4 nitrogen and oxygen atoms in total. The predicted octanol–water partition coefficient (Wildman–Crippen LogP) is 6.14. The van der Waals surface area contributed by atoms with E-state index in [0.717, 1.165) is 12.0 Å². The van der Waals surface area contributed by atoms with Gasteiger partial charge >= 0.3 is 5.97 Å². The molecule has 26 heavy (non-hydrogen) atoms. The van der Waals surface area contributed by atoms with E-state index in [1.807, 2.05) is 12.1 Å². The molecule has 0 unspecified atom stereocenters. The number of hydrogen-bond acceptors (Lipinski definition) is 3. The molecule has 0 atom stereocenters. The van der Waals surface area contributed by atoms with Crippen LogP contribution in [0.15, 0.2) is 47.5 Å². The van der Waals surface area contributed by atoms with Gasteiger partial charge in [0, 0.05) is 6.21 Å². The van der Waals surface area contributed by atoms with Crippen molar-refractivity contribution in [2.24, 2.45) is 4.99 Å². The maximum absolute atomic E-state index is 10.8. The fourth-order valence-electron chi connectivity index (χ4n) is 2.44. The lowest BCUT2D eigenvalue weighted by atomic mass is 10.1. The van der Waals surface area contributed by atoms with E-state index in [2.05, 4.69) is 11.9 Å². The molecule has 138 valence electrons. The highest BCUT2D eigenvalue weighted by Crippen LogP contribution is 2.29. The number of unbranched alkanes of at least 4 members (excludes halogenated alkanes) is 4. The van der Waals surface area contributed by atoms with Crippen molar-refractivity contribution in [2.75, 3.05) is 6.61 Å². The summed E-state index contributed by atoms with van der Waals surface area (Å²) in [4.78, 5) is 15.2. The Morgan fingerprint density at radius 2 is 1.85 bits per heavy atom. The minimum absolute atomic E-state index is 0.251. The van der Waals surface area contributed by atoms with Crippen molar-refractivity contribution in [1.82, 2.24) is 0 Å². The van der Waals surface area contributed by atoms with Gasteiger partial charge in [-0.25, -0.2) is 4.79 Å². The molecule has 0 aliphatic carbocycles. The molecule has 0 amide bonds. The standard InChI is InChI=1S/C21H24ClNO3/c1-2-3-4-5-6-13-26-20-12-11-18(14-19(20)22)23-15-16-7-9-17(10-8-16)21(24)25/h7-12,14-15H,2-6,13H2,1H3,(H,24,25). The molecule has 0 spiro atoms. The molecule has 2 rings (SSSR count). The van der Waals surface area contributed by atoms with Crippen LogP contribution >= 0.6 is 11.6 Å². The third-order valence-corrected chi connectivity index (χ3v) is 4.24. The van der Waals surface area contributed by atoms with Gasteiger partial charge in [-0.05, 0) is 42.3 Å². The molecule has 1 N–H and O–H groups in total. The number of ether oxygens (including phenoxy) is 1. The van der Waals surface area contributed by atoms with Crippen LogP contribution in [0.3, 0.4) is 0 Å². The van der Waals surface area contributed by atoms with Crippen LogP contribution in [0.5, 0.6) is 5.75 Å². The smallest absolute Gasteiger partial charge is 0.335 e. The van der Waals surface area contributed by atoms with Crippen molar-refractivity contribution in [2.45, 2.75) is 39.0 Å². The van der Waals surface area contributed by atoms with Gasteiger partial charge in [-0.15, -0.1) is 0 Å². The summed E-state index contributed by atoms with van der Waals surface area (Å²) in [6.07, 6.45) is 7.63. The second kappa shape index (κ2) is 10.6. The van der Waals surface area contributed by atoms with Gasteiger partial charge in [-0.2, -0.15) is 0 Å². The molecular weight excluding hydrogens is 350 g/mol. The van der Waals surface area contributed by atoms with Crippen molar-refractivity contribution in [3.8, 4) is 5.75 Å². The Balaban J connectivity index is 1.88. The van der Waals surface area contributed by atoms with Gasteiger partial charge in [-0.1, -0.05) is 56.3 Å². The molecule has 0 aliphatic heterocycles. The number of halogens is 1. The van der Waals surface area contributed by atoms with Crippen LogP contribution in [0.4, 0.5) is 5.69 Å². The van der Waals surface area contributed by atoms with Gasteiger partial charge in [0.25, 0.3) is 0 Å². The number of nitrogens with zero attached hydrogens (tertiary/aromatic N) is 1. The highest BCUT2D eigenvalue weighted by molar-refractivity contribution is 6.32. The summed E-state index contributed by atoms with van der Waals surface area (Å²) < 4.78 is 5.73. The molecule has 0 radical (unpaired) electrons. The van der Waals surface area contributed by atoms with Crippen molar-refractivity contribution in [1.29, 1.82) is 0 Å². The number of carbonyl (C=O) groups is 1. The second-order valence-corrected chi connectivity index (χ2v) is 6.47. The number of rotatable bonds is 10. The highest BCUT2D eigenvalue weighted by Gasteiger charge is 2.03. The zero-order chi connectivity index (χ0) is 18.8. The van der Waals surface area contributed by atoms with Crippen LogP contribution < -0.4 is 4.74 Å². The lowest BCUT2D eigenvalue weighted by molar-refractivity contribution is 0.0697. The monoisotopic (exact) mass is 373 g/mol. The summed E-state index contributed by atoms with van der Waals surface area (Å²) in [5.74, 6) is -0.270. The lowest BCUT2D eigenvalue weighted by Crippen LogP contribution is -1.97. The number of benzene rings is 2. The second-order valence-electron chi connectivity index (χ2n) is 6.06. The van der Waals surface area contributed by atoms with Crippen LogP contribution in [0.25, 0.3) is 0 Å². The van der Waals surface area contributed by atoms with Crippen molar-refractivity contribution in [3.63, 3.8) is 0 Å². The number of carboxylic acids is 1. The molecule has 0 saturated heterocycles. The minimum atomic E-state index is -0.943. The zero-order valence-electron chi connectivity index (χ0n) is 15.0. The summed E-state index contributed by atoms with van der Waals surface area (Å²) in [6, 6.07) is 12.0. The number of carboxylic acid groups (broad SMARTS) is 1. The van der Waals surface area contributed by atoms with E-state index in [-0.39, 0.29) is 5.56 Å². The van der Waals surface area contributed by atoms with Gasteiger partial charge in [0.1, 0.15) is 5.75 Å². The summed E-state index contributed by atoms with van der Waals surface area (Å²) in [5, 5.41) is 9.43. The van der Waals surface area contributed by atoms with Gasteiger partial charge < -0.3 is 9.84 Å². The lowest BCUT2D eigenvalue weighted by Gasteiger charge is -2.08.